The van der Waals surface area contributed by atoms with Crippen LogP contribution in [-0.2, 0) is 4.79 Å². The highest BCUT2D eigenvalue weighted by Crippen LogP contribution is 2.28. The smallest absolute Gasteiger partial charge is 0.234 e. The van der Waals surface area contributed by atoms with E-state index in [1.54, 1.807) is 18.2 Å². The largest absolute Gasteiger partial charge is 0.330 e. The Morgan fingerprint density at radius 2 is 2.04 bits per heavy atom. The van der Waals surface area contributed by atoms with Crippen LogP contribution in [-0.4, -0.2) is 21.9 Å². The SMILES string of the molecule is Cc1ccc(Nc2nnc(SCC(=O)Nc3cc(Cl)ccc3C#N)s2)cc1C. The zero-order chi connectivity index (χ0) is 20.1. The number of nitrogens with one attached hydrogen (secondary N) is 2. The zero-order valence-electron chi connectivity index (χ0n) is 15.1. The van der Waals surface area contributed by atoms with Crippen molar-refractivity contribution < 1.29 is 4.79 Å². The maximum atomic E-state index is 12.2. The second kappa shape index (κ2) is 9.06. The molecule has 0 atom stereocenters. The first kappa shape index (κ1) is 20.1. The van der Waals surface area contributed by atoms with Crippen LogP contribution in [0.4, 0.5) is 16.5 Å². The fraction of sp³-hybridized carbons (Fsp3) is 0.158. The molecule has 0 spiro atoms. The summed E-state index contributed by atoms with van der Waals surface area (Å²) in [5.74, 6) is -0.0991. The number of carbonyl (C=O) groups is 1. The molecule has 6 nitrogen and oxygen atoms in total. The van der Waals surface area contributed by atoms with Crippen LogP contribution < -0.4 is 10.6 Å². The summed E-state index contributed by atoms with van der Waals surface area (Å²) < 4.78 is 0.674. The van der Waals surface area contributed by atoms with Gasteiger partial charge in [-0.1, -0.05) is 40.8 Å². The summed E-state index contributed by atoms with van der Waals surface area (Å²) in [5.41, 5.74) is 4.12. The Morgan fingerprint density at radius 3 is 2.79 bits per heavy atom. The molecule has 0 aliphatic rings. The van der Waals surface area contributed by atoms with Crippen molar-refractivity contribution in [1.29, 1.82) is 5.26 Å². The fourth-order valence-corrected chi connectivity index (χ4v) is 4.04. The summed E-state index contributed by atoms with van der Waals surface area (Å²) in [7, 11) is 0. The number of nitrogens with zero attached hydrogens (tertiary/aromatic N) is 3. The quantitative estimate of drug-likeness (QED) is 0.526. The third kappa shape index (κ3) is 5.23. The molecule has 0 saturated carbocycles. The number of aryl methyl sites for hydroxylation is 2. The highest BCUT2D eigenvalue weighted by molar-refractivity contribution is 8.01. The first-order valence-electron chi connectivity index (χ1n) is 8.24. The minimum absolute atomic E-state index is 0.148. The summed E-state index contributed by atoms with van der Waals surface area (Å²) in [5, 5.41) is 24.4. The van der Waals surface area contributed by atoms with Crippen LogP contribution in [0, 0.1) is 25.2 Å². The van der Waals surface area contributed by atoms with Crippen LogP contribution in [0.5, 0.6) is 0 Å². The number of nitriles is 1. The molecule has 28 heavy (non-hydrogen) atoms. The molecule has 3 rings (SSSR count). The Bertz CT molecular complexity index is 1060. The van der Waals surface area contributed by atoms with E-state index in [1.165, 1.54) is 34.2 Å². The van der Waals surface area contributed by atoms with Crippen LogP contribution >= 0.6 is 34.7 Å². The van der Waals surface area contributed by atoms with Gasteiger partial charge in [-0.3, -0.25) is 4.79 Å². The first-order chi connectivity index (χ1) is 13.4. The number of halogens is 1. The van der Waals surface area contributed by atoms with E-state index >= 15 is 0 Å². The lowest BCUT2D eigenvalue weighted by Gasteiger charge is -2.06. The molecule has 2 aromatic carbocycles. The van der Waals surface area contributed by atoms with E-state index in [2.05, 4.69) is 40.7 Å². The number of amides is 1. The van der Waals surface area contributed by atoms with Crippen molar-refractivity contribution >= 4 is 57.1 Å². The van der Waals surface area contributed by atoms with E-state index in [9.17, 15) is 4.79 Å². The van der Waals surface area contributed by atoms with Crippen LogP contribution in [0.25, 0.3) is 0 Å². The minimum atomic E-state index is -0.248. The number of carbonyl (C=O) groups excluding carboxylic acids is 1. The van der Waals surface area contributed by atoms with Gasteiger partial charge in [0.2, 0.25) is 11.0 Å². The van der Waals surface area contributed by atoms with Crippen LogP contribution in [0.3, 0.4) is 0 Å². The molecule has 0 radical (unpaired) electrons. The third-order valence-electron chi connectivity index (χ3n) is 3.87. The average Bonchev–Trinajstić information content (AvgIpc) is 3.11. The Balaban J connectivity index is 1.57. The Morgan fingerprint density at radius 1 is 1.21 bits per heavy atom. The molecule has 3 aromatic rings. The van der Waals surface area contributed by atoms with E-state index in [0.29, 0.717) is 25.7 Å². The maximum Gasteiger partial charge on any atom is 0.234 e. The van der Waals surface area contributed by atoms with E-state index in [1.807, 2.05) is 18.2 Å². The van der Waals surface area contributed by atoms with E-state index < -0.39 is 0 Å². The number of thioether (sulfide) groups is 1. The number of benzene rings is 2. The molecule has 0 aliphatic heterocycles. The lowest BCUT2D eigenvalue weighted by atomic mass is 10.1. The minimum Gasteiger partial charge on any atom is -0.330 e. The number of hydrogen-bond acceptors (Lipinski definition) is 7. The second-order valence-corrected chi connectivity index (χ2v) is 8.57. The average molecular weight is 430 g/mol. The molecule has 1 amide bonds. The molecule has 0 aliphatic carbocycles. The van der Waals surface area contributed by atoms with E-state index in [-0.39, 0.29) is 11.7 Å². The van der Waals surface area contributed by atoms with Crippen molar-refractivity contribution in [2.75, 3.05) is 16.4 Å². The molecule has 0 unspecified atom stereocenters. The fourth-order valence-electron chi connectivity index (χ4n) is 2.29. The number of hydrogen-bond donors (Lipinski definition) is 2. The van der Waals surface area contributed by atoms with Gasteiger partial charge in [-0.2, -0.15) is 5.26 Å². The number of rotatable bonds is 6. The number of anilines is 3. The molecular weight excluding hydrogens is 414 g/mol. The second-order valence-electron chi connectivity index (χ2n) is 5.94. The van der Waals surface area contributed by atoms with Gasteiger partial charge in [0.1, 0.15) is 6.07 Å². The Hall–Kier alpha value is -2.60. The first-order valence-corrected chi connectivity index (χ1v) is 10.4. The van der Waals surface area contributed by atoms with Crippen LogP contribution in [0.15, 0.2) is 40.7 Å². The normalized spacial score (nSPS) is 10.4. The molecule has 142 valence electrons. The highest BCUT2D eigenvalue weighted by Gasteiger charge is 2.11. The molecule has 1 heterocycles. The molecule has 0 fully saturated rings. The van der Waals surface area contributed by atoms with Gasteiger partial charge in [-0.25, -0.2) is 0 Å². The van der Waals surface area contributed by atoms with Gasteiger partial charge in [0.25, 0.3) is 0 Å². The summed E-state index contributed by atoms with van der Waals surface area (Å²) >= 11 is 8.58. The van der Waals surface area contributed by atoms with Gasteiger partial charge < -0.3 is 10.6 Å². The third-order valence-corrected chi connectivity index (χ3v) is 6.07. The van der Waals surface area contributed by atoms with Gasteiger partial charge in [-0.15, -0.1) is 10.2 Å². The van der Waals surface area contributed by atoms with Crippen molar-refractivity contribution in [3.8, 4) is 6.07 Å². The van der Waals surface area contributed by atoms with Crippen molar-refractivity contribution in [3.05, 3.63) is 58.1 Å². The van der Waals surface area contributed by atoms with Crippen LogP contribution in [0.1, 0.15) is 16.7 Å². The Kier molecular flexibility index (Phi) is 6.52. The predicted molar refractivity (Wildman–Crippen MR) is 115 cm³/mol. The molecular formula is C19H16ClN5OS2. The van der Waals surface area contributed by atoms with Crippen molar-refractivity contribution in [2.45, 2.75) is 18.2 Å². The highest BCUT2D eigenvalue weighted by atomic mass is 35.5. The summed E-state index contributed by atoms with van der Waals surface area (Å²) in [6, 6.07) is 12.8. The molecule has 1 aromatic heterocycles. The van der Waals surface area contributed by atoms with Crippen molar-refractivity contribution in [2.24, 2.45) is 0 Å². The topological polar surface area (TPSA) is 90.7 Å². The summed E-state index contributed by atoms with van der Waals surface area (Å²) in [6.07, 6.45) is 0. The zero-order valence-corrected chi connectivity index (χ0v) is 17.5. The molecule has 9 heteroatoms. The van der Waals surface area contributed by atoms with Gasteiger partial charge in [0.15, 0.2) is 4.34 Å². The lowest BCUT2D eigenvalue weighted by molar-refractivity contribution is -0.113. The van der Waals surface area contributed by atoms with Gasteiger partial charge >= 0.3 is 0 Å². The Labute approximate surface area is 175 Å². The lowest BCUT2D eigenvalue weighted by Crippen LogP contribution is -2.14. The van der Waals surface area contributed by atoms with Crippen LogP contribution in [0.2, 0.25) is 5.02 Å². The van der Waals surface area contributed by atoms with Gasteiger partial charge in [0, 0.05) is 10.7 Å². The number of aromatic nitrogens is 2. The molecule has 0 bridgehead atoms. The van der Waals surface area contributed by atoms with Gasteiger partial charge in [-0.05, 0) is 55.3 Å². The van der Waals surface area contributed by atoms with Crippen molar-refractivity contribution in [3.63, 3.8) is 0 Å². The maximum absolute atomic E-state index is 12.2. The van der Waals surface area contributed by atoms with Gasteiger partial charge in [0.05, 0.1) is 17.0 Å². The molecule has 0 saturated heterocycles. The summed E-state index contributed by atoms with van der Waals surface area (Å²) in [6.45, 7) is 4.12. The molecule has 2 N–H and O–H groups in total. The van der Waals surface area contributed by atoms with E-state index in [0.717, 1.165) is 5.69 Å². The van der Waals surface area contributed by atoms with Crippen molar-refractivity contribution in [1.82, 2.24) is 10.2 Å². The monoisotopic (exact) mass is 429 g/mol. The van der Waals surface area contributed by atoms with E-state index in [4.69, 9.17) is 16.9 Å². The summed E-state index contributed by atoms with van der Waals surface area (Å²) in [4.78, 5) is 12.2. The standard InChI is InChI=1S/C19H16ClN5OS2/c1-11-3-6-15(7-12(11)2)22-18-24-25-19(28-18)27-10-17(26)23-16-8-14(20)5-4-13(16)9-21/h3-8H,10H2,1-2H3,(H,22,24)(H,23,26). The predicted octanol–water partition coefficient (Wildman–Crippen LogP) is 5.15.